The van der Waals surface area contributed by atoms with Crippen LogP contribution < -0.4 is 0 Å². The second kappa shape index (κ2) is 4.39. The van der Waals surface area contributed by atoms with Crippen LogP contribution in [0, 0.1) is 11.3 Å². The number of nitrogens with one attached hydrogen (secondary N) is 1. The fourth-order valence-electron chi connectivity index (χ4n) is 2.36. The molecule has 0 saturated carbocycles. The summed E-state index contributed by atoms with van der Waals surface area (Å²) < 4.78 is 0. The average molecular weight is 271 g/mol. The van der Waals surface area contributed by atoms with Crippen molar-refractivity contribution in [2.45, 2.75) is 0 Å². The van der Waals surface area contributed by atoms with Crippen LogP contribution in [0.15, 0.2) is 48.9 Å². The summed E-state index contributed by atoms with van der Waals surface area (Å²) in [5, 5.41) is 11.0. The van der Waals surface area contributed by atoms with Crippen LogP contribution >= 0.6 is 0 Å². The number of fused-ring (bicyclic) bond motifs is 2. The number of nitrogens with zero attached hydrogens (tertiary/aromatic N) is 4. The first-order valence-corrected chi connectivity index (χ1v) is 6.43. The summed E-state index contributed by atoms with van der Waals surface area (Å²) in [4.78, 5) is 15.8. The quantitative estimate of drug-likeness (QED) is 0.577. The van der Waals surface area contributed by atoms with E-state index >= 15 is 0 Å². The van der Waals surface area contributed by atoms with Gasteiger partial charge in [-0.3, -0.25) is 0 Å². The molecule has 2 heterocycles. The number of aromatic nitrogens is 4. The van der Waals surface area contributed by atoms with E-state index in [-0.39, 0.29) is 0 Å². The molecule has 5 heteroatoms. The molecule has 98 valence electrons. The molecule has 0 bridgehead atoms. The molecule has 0 unspecified atom stereocenters. The highest BCUT2D eigenvalue weighted by Gasteiger charge is 2.07. The Bertz CT molecular complexity index is 977. The molecule has 1 N–H and O–H groups in total. The van der Waals surface area contributed by atoms with E-state index in [9.17, 15) is 0 Å². The van der Waals surface area contributed by atoms with Gasteiger partial charge in [-0.1, -0.05) is 18.2 Å². The second-order valence-electron chi connectivity index (χ2n) is 4.73. The Kier molecular flexibility index (Phi) is 2.42. The summed E-state index contributed by atoms with van der Waals surface area (Å²) in [5.74, 6) is 0.761. The van der Waals surface area contributed by atoms with Crippen molar-refractivity contribution >= 4 is 21.9 Å². The zero-order valence-electron chi connectivity index (χ0n) is 10.9. The zero-order valence-corrected chi connectivity index (χ0v) is 10.9. The van der Waals surface area contributed by atoms with Gasteiger partial charge in [0, 0.05) is 5.56 Å². The largest absolute Gasteiger partial charge is 0.323 e. The summed E-state index contributed by atoms with van der Waals surface area (Å²) in [5.41, 5.74) is 3.10. The van der Waals surface area contributed by atoms with E-state index in [0.717, 1.165) is 33.3 Å². The smallest absolute Gasteiger partial charge is 0.161 e. The van der Waals surface area contributed by atoms with Gasteiger partial charge >= 0.3 is 0 Å². The summed E-state index contributed by atoms with van der Waals surface area (Å²) in [7, 11) is 0. The van der Waals surface area contributed by atoms with Crippen LogP contribution in [0.2, 0.25) is 0 Å². The minimum atomic E-state index is 0.661. The van der Waals surface area contributed by atoms with Gasteiger partial charge in [-0.05, 0) is 29.0 Å². The lowest BCUT2D eigenvalue weighted by atomic mass is 10.0. The van der Waals surface area contributed by atoms with E-state index in [1.54, 1.807) is 6.20 Å². The SMILES string of the molecule is N#Cc1ccc2cc(-c3nc4cncnc4[nH]3)ccc2c1. The molecule has 0 aliphatic heterocycles. The van der Waals surface area contributed by atoms with Gasteiger partial charge in [0.2, 0.25) is 0 Å². The van der Waals surface area contributed by atoms with Crippen LogP contribution in [0.5, 0.6) is 0 Å². The van der Waals surface area contributed by atoms with Crippen LogP contribution in [-0.4, -0.2) is 19.9 Å². The predicted octanol–water partition coefficient (Wildman–Crippen LogP) is 3.04. The third-order valence-electron chi connectivity index (χ3n) is 3.40. The Morgan fingerprint density at radius 2 is 1.90 bits per heavy atom. The average Bonchev–Trinajstić information content (AvgIpc) is 2.98. The third-order valence-corrected chi connectivity index (χ3v) is 3.40. The van der Waals surface area contributed by atoms with Gasteiger partial charge in [-0.15, -0.1) is 0 Å². The minimum absolute atomic E-state index is 0.661. The Morgan fingerprint density at radius 1 is 1.05 bits per heavy atom. The van der Waals surface area contributed by atoms with Crippen molar-refractivity contribution in [2.75, 3.05) is 0 Å². The van der Waals surface area contributed by atoms with Gasteiger partial charge < -0.3 is 4.98 Å². The van der Waals surface area contributed by atoms with Crippen molar-refractivity contribution in [2.24, 2.45) is 0 Å². The first-order valence-electron chi connectivity index (χ1n) is 6.43. The van der Waals surface area contributed by atoms with Crippen LogP contribution in [-0.2, 0) is 0 Å². The predicted molar refractivity (Wildman–Crippen MR) is 79.3 cm³/mol. The lowest BCUT2D eigenvalue weighted by Gasteiger charge is -2.01. The molecule has 4 aromatic rings. The number of hydrogen-bond acceptors (Lipinski definition) is 4. The molecule has 0 aliphatic rings. The Hall–Kier alpha value is -3.26. The topological polar surface area (TPSA) is 78.2 Å². The number of imidazole rings is 1. The molecule has 0 atom stereocenters. The highest BCUT2D eigenvalue weighted by Crippen LogP contribution is 2.24. The molecule has 0 radical (unpaired) electrons. The van der Waals surface area contributed by atoms with Gasteiger partial charge in [0.1, 0.15) is 17.7 Å². The van der Waals surface area contributed by atoms with Crippen LogP contribution in [0.1, 0.15) is 5.56 Å². The van der Waals surface area contributed by atoms with Gasteiger partial charge in [0.05, 0.1) is 17.8 Å². The number of benzene rings is 2. The lowest BCUT2D eigenvalue weighted by Crippen LogP contribution is -1.82. The van der Waals surface area contributed by atoms with E-state index in [4.69, 9.17) is 5.26 Å². The first kappa shape index (κ1) is 11.6. The van der Waals surface area contributed by atoms with E-state index in [0.29, 0.717) is 5.56 Å². The van der Waals surface area contributed by atoms with E-state index in [1.165, 1.54) is 6.33 Å². The van der Waals surface area contributed by atoms with Crippen molar-refractivity contribution in [3.8, 4) is 17.5 Å². The summed E-state index contributed by atoms with van der Waals surface area (Å²) in [6.07, 6.45) is 3.18. The van der Waals surface area contributed by atoms with E-state index < -0.39 is 0 Å². The molecule has 2 aromatic carbocycles. The summed E-state index contributed by atoms with van der Waals surface area (Å²) in [6.45, 7) is 0. The number of nitriles is 1. The third kappa shape index (κ3) is 1.90. The van der Waals surface area contributed by atoms with Crippen molar-refractivity contribution < 1.29 is 0 Å². The van der Waals surface area contributed by atoms with Crippen molar-refractivity contribution in [3.05, 3.63) is 54.5 Å². The molecule has 0 spiro atoms. The first-order chi connectivity index (χ1) is 10.3. The normalized spacial score (nSPS) is 10.8. The molecule has 5 nitrogen and oxygen atoms in total. The summed E-state index contributed by atoms with van der Waals surface area (Å²) in [6, 6.07) is 13.8. The van der Waals surface area contributed by atoms with Crippen molar-refractivity contribution in [1.29, 1.82) is 5.26 Å². The van der Waals surface area contributed by atoms with Crippen LogP contribution in [0.25, 0.3) is 33.3 Å². The number of rotatable bonds is 1. The number of H-pyrrole nitrogens is 1. The highest BCUT2D eigenvalue weighted by molar-refractivity contribution is 5.88. The van der Waals surface area contributed by atoms with Crippen molar-refractivity contribution in [3.63, 3.8) is 0 Å². The molecule has 21 heavy (non-hydrogen) atoms. The minimum Gasteiger partial charge on any atom is -0.323 e. The molecule has 0 amide bonds. The zero-order chi connectivity index (χ0) is 14.2. The lowest BCUT2D eigenvalue weighted by molar-refractivity contribution is 1.20. The Morgan fingerprint density at radius 3 is 2.76 bits per heavy atom. The molecular weight excluding hydrogens is 262 g/mol. The van der Waals surface area contributed by atoms with Gasteiger partial charge in [-0.2, -0.15) is 5.26 Å². The highest BCUT2D eigenvalue weighted by atomic mass is 15.0. The Balaban J connectivity index is 1.88. The van der Waals surface area contributed by atoms with Crippen LogP contribution in [0.3, 0.4) is 0 Å². The monoisotopic (exact) mass is 271 g/mol. The molecule has 0 fully saturated rings. The maximum Gasteiger partial charge on any atom is 0.161 e. The standard InChI is InChI=1S/C16H9N5/c17-7-10-1-2-12-6-13(4-3-11(12)5-10)15-20-14-8-18-9-19-16(14)21-15/h1-6,8-9H,(H,18,19,20,21). The molecule has 4 rings (SSSR count). The molecule has 0 saturated heterocycles. The van der Waals surface area contributed by atoms with Gasteiger partial charge in [-0.25, -0.2) is 15.0 Å². The fraction of sp³-hybridized carbons (Fsp3) is 0. The molecule has 2 aromatic heterocycles. The number of aromatic amines is 1. The van der Waals surface area contributed by atoms with Crippen LogP contribution in [0.4, 0.5) is 0 Å². The maximum absolute atomic E-state index is 8.93. The molecule has 0 aliphatic carbocycles. The summed E-state index contributed by atoms with van der Waals surface area (Å²) >= 11 is 0. The van der Waals surface area contributed by atoms with Gasteiger partial charge in [0.15, 0.2) is 5.65 Å². The number of hydrogen-bond donors (Lipinski definition) is 1. The van der Waals surface area contributed by atoms with Crippen molar-refractivity contribution in [1.82, 2.24) is 19.9 Å². The maximum atomic E-state index is 8.93. The Labute approximate surface area is 119 Å². The van der Waals surface area contributed by atoms with E-state index in [1.807, 2.05) is 36.4 Å². The second-order valence-corrected chi connectivity index (χ2v) is 4.73. The molecular formula is C16H9N5. The van der Waals surface area contributed by atoms with Gasteiger partial charge in [0.25, 0.3) is 0 Å². The fourth-order valence-corrected chi connectivity index (χ4v) is 2.36. The van der Waals surface area contributed by atoms with E-state index in [2.05, 4.69) is 26.0 Å².